The molecule has 2 aliphatic rings. The zero-order valence-corrected chi connectivity index (χ0v) is 16.0. The molecule has 3 aromatic rings. The first-order valence-corrected chi connectivity index (χ1v) is 9.62. The third kappa shape index (κ3) is 3.73. The number of benzene rings is 2. The second-order valence-electron chi connectivity index (χ2n) is 7.74. The minimum atomic E-state index is -0.656. The summed E-state index contributed by atoms with van der Waals surface area (Å²) in [6.07, 6.45) is 1.43. The summed E-state index contributed by atoms with van der Waals surface area (Å²) in [6.45, 7) is 5.85. The average Bonchev–Trinajstić information content (AvgIpc) is 3.03. The molecule has 2 aliphatic heterocycles. The molecule has 0 amide bonds. The van der Waals surface area contributed by atoms with Crippen LogP contribution in [0.1, 0.15) is 17.0 Å². The fraction of sp³-hybridized carbons (Fsp3) is 0.333. The topological polar surface area (TPSA) is 55.2 Å². The molecule has 0 unspecified atom stereocenters. The molecular weight excluding hydrogens is 376 g/mol. The van der Waals surface area contributed by atoms with Crippen molar-refractivity contribution >= 4 is 11.6 Å². The molecular formula is C21H21F2N5O. The maximum atomic E-state index is 13.4. The normalized spacial score (nSPS) is 17.8. The molecule has 0 radical (unpaired) electrons. The number of hydrogen-bond donors (Lipinski definition) is 1. The predicted molar refractivity (Wildman–Crippen MR) is 105 cm³/mol. The fourth-order valence-corrected chi connectivity index (χ4v) is 3.82. The summed E-state index contributed by atoms with van der Waals surface area (Å²) in [5, 5.41) is 7.49. The minimum absolute atomic E-state index is 0.280. The Morgan fingerprint density at radius 3 is 2.48 bits per heavy atom. The molecule has 8 heteroatoms. The van der Waals surface area contributed by atoms with Crippen molar-refractivity contribution in [3.05, 3.63) is 65.5 Å². The highest BCUT2D eigenvalue weighted by Crippen LogP contribution is 2.33. The zero-order chi connectivity index (χ0) is 20.0. The predicted octanol–water partition coefficient (Wildman–Crippen LogP) is 3.40. The molecule has 6 nitrogen and oxygen atoms in total. The summed E-state index contributed by atoms with van der Waals surface area (Å²) in [5.74, 6) is -0.433. The average molecular weight is 397 g/mol. The van der Waals surface area contributed by atoms with Gasteiger partial charge in [0.05, 0.1) is 24.9 Å². The van der Waals surface area contributed by atoms with E-state index in [4.69, 9.17) is 4.74 Å². The molecule has 0 atom stereocenters. The van der Waals surface area contributed by atoms with Crippen LogP contribution in [0.3, 0.4) is 0 Å². The van der Waals surface area contributed by atoms with Crippen molar-refractivity contribution < 1.29 is 13.5 Å². The summed E-state index contributed by atoms with van der Waals surface area (Å²) in [5.41, 5.74) is 3.62. The zero-order valence-electron chi connectivity index (χ0n) is 16.0. The number of aromatic nitrogens is 3. The highest BCUT2D eigenvalue weighted by molar-refractivity contribution is 5.56. The van der Waals surface area contributed by atoms with E-state index in [1.807, 2.05) is 6.07 Å². The van der Waals surface area contributed by atoms with Crippen LogP contribution in [0.5, 0.6) is 0 Å². The smallest absolute Gasteiger partial charge is 0.246 e. The Balaban J connectivity index is 1.31. The number of likely N-dealkylation sites (tertiary alicyclic amines) is 1. The third-order valence-electron chi connectivity index (χ3n) is 5.48. The number of hydrogen-bond acceptors (Lipinski definition) is 5. The van der Waals surface area contributed by atoms with E-state index in [1.165, 1.54) is 28.7 Å². The first-order chi connectivity index (χ1) is 14.0. The molecule has 2 aromatic carbocycles. The molecule has 150 valence electrons. The maximum absolute atomic E-state index is 13.4. The molecule has 5 rings (SSSR count). The fourth-order valence-electron chi connectivity index (χ4n) is 3.82. The summed E-state index contributed by atoms with van der Waals surface area (Å²) in [7, 11) is 0. The van der Waals surface area contributed by atoms with Crippen LogP contribution in [-0.2, 0) is 4.74 Å². The Hall–Kier alpha value is -2.84. The monoisotopic (exact) mass is 397 g/mol. The van der Waals surface area contributed by atoms with Gasteiger partial charge in [-0.2, -0.15) is 4.98 Å². The van der Waals surface area contributed by atoms with Gasteiger partial charge in [-0.1, -0.05) is 6.07 Å². The summed E-state index contributed by atoms with van der Waals surface area (Å²) in [4.78, 5) is 6.68. The van der Waals surface area contributed by atoms with Gasteiger partial charge < -0.3 is 10.1 Å². The van der Waals surface area contributed by atoms with Crippen molar-refractivity contribution in [2.24, 2.45) is 0 Å². The van der Waals surface area contributed by atoms with Crippen LogP contribution < -0.4 is 5.32 Å². The molecule has 0 aliphatic carbocycles. The standard InChI is InChI=1S/C21H21F2N5O/c1-13-2-14(15-8-27(9-15)20-10-29-11-20)4-18(3-13)25-21-24-12-28(26-21)19-6-16(22)5-17(23)7-19/h2-7,12,15,20H,8-11H2,1H3,(H,25,26). The van der Waals surface area contributed by atoms with E-state index in [9.17, 15) is 8.78 Å². The molecule has 1 aromatic heterocycles. The van der Waals surface area contributed by atoms with E-state index in [1.54, 1.807) is 0 Å². The van der Waals surface area contributed by atoms with Gasteiger partial charge in [0.1, 0.15) is 18.0 Å². The van der Waals surface area contributed by atoms with Gasteiger partial charge >= 0.3 is 0 Å². The number of anilines is 2. The summed E-state index contributed by atoms with van der Waals surface area (Å²) in [6, 6.07) is 10.2. The molecule has 2 saturated heterocycles. The lowest BCUT2D eigenvalue weighted by atomic mass is 9.88. The van der Waals surface area contributed by atoms with E-state index >= 15 is 0 Å². The van der Waals surface area contributed by atoms with Crippen LogP contribution >= 0.6 is 0 Å². The van der Waals surface area contributed by atoms with Crippen molar-refractivity contribution in [2.45, 2.75) is 18.9 Å². The molecule has 0 spiro atoms. The van der Waals surface area contributed by atoms with Gasteiger partial charge in [-0.15, -0.1) is 5.10 Å². The number of nitrogens with zero attached hydrogens (tertiary/aromatic N) is 4. The SMILES string of the molecule is Cc1cc(Nc2ncn(-c3cc(F)cc(F)c3)n2)cc(C2CN(C3COC3)C2)c1. The van der Waals surface area contributed by atoms with Gasteiger partial charge in [0.15, 0.2) is 0 Å². The van der Waals surface area contributed by atoms with Crippen LogP contribution in [-0.4, -0.2) is 52.0 Å². The number of ether oxygens (including phenoxy) is 1. The van der Waals surface area contributed by atoms with Gasteiger partial charge in [0, 0.05) is 30.8 Å². The number of halogens is 2. The van der Waals surface area contributed by atoms with Crippen LogP contribution in [0.25, 0.3) is 5.69 Å². The largest absolute Gasteiger partial charge is 0.378 e. The Bertz CT molecular complexity index is 1020. The molecule has 2 fully saturated rings. The van der Waals surface area contributed by atoms with Gasteiger partial charge in [-0.05, 0) is 42.3 Å². The molecule has 29 heavy (non-hydrogen) atoms. The molecule has 0 saturated carbocycles. The highest BCUT2D eigenvalue weighted by Gasteiger charge is 2.36. The van der Waals surface area contributed by atoms with E-state index in [-0.39, 0.29) is 5.69 Å². The van der Waals surface area contributed by atoms with Gasteiger partial charge in [-0.3, -0.25) is 4.90 Å². The molecule has 1 N–H and O–H groups in total. The first kappa shape index (κ1) is 18.2. The van der Waals surface area contributed by atoms with Crippen molar-refractivity contribution in [2.75, 3.05) is 31.6 Å². The first-order valence-electron chi connectivity index (χ1n) is 9.62. The lowest BCUT2D eigenvalue weighted by Crippen LogP contribution is -2.58. The van der Waals surface area contributed by atoms with E-state index in [2.05, 4.69) is 39.4 Å². The van der Waals surface area contributed by atoms with Crippen molar-refractivity contribution in [1.29, 1.82) is 0 Å². The third-order valence-corrected chi connectivity index (χ3v) is 5.48. The van der Waals surface area contributed by atoms with E-state index in [0.717, 1.165) is 43.6 Å². The lowest BCUT2D eigenvalue weighted by molar-refractivity contribution is -0.0906. The van der Waals surface area contributed by atoms with E-state index in [0.29, 0.717) is 17.9 Å². The second-order valence-corrected chi connectivity index (χ2v) is 7.74. The quantitative estimate of drug-likeness (QED) is 0.715. The maximum Gasteiger partial charge on any atom is 0.246 e. The van der Waals surface area contributed by atoms with Gasteiger partial charge in [-0.25, -0.2) is 13.5 Å². The van der Waals surface area contributed by atoms with Crippen molar-refractivity contribution in [3.8, 4) is 5.69 Å². The molecule has 3 heterocycles. The van der Waals surface area contributed by atoms with Crippen molar-refractivity contribution in [3.63, 3.8) is 0 Å². The van der Waals surface area contributed by atoms with Crippen molar-refractivity contribution in [1.82, 2.24) is 19.7 Å². The summed E-state index contributed by atoms with van der Waals surface area (Å²) < 4.78 is 33.5. The van der Waals surface area contributed by atoms with Crippen LogP contribution in [0, 0.1) is 18.6 Å². The minimum Gasteiger partial charge on any atom is -0.378 e. The van der Waals surface area contributed by atoms with Crippen LogP contribution in [0.15, 0.2) is 42.7 Å². The van der Waals surface area contributed by atoms with Gasteiger partial charge in [0.2, 0.25) is 5.95 Å². The lowest BCUT2D eigenvalue weighted by Gasteiger charge is -2.47. The number of aryl methyl sites for hydroxylation is 1. The summed E-state index contributed by atoms with van der Waals surface area (Å²) >= 11 is 0. The van der Waals surface area contributed by atoms with Crippen LogP contribution in [0.2, 0.25) is 0 Å². The number of rotatable bonds is 5. The Kier molecular flexibility index (Phi) is 4.52. The second kappa shape index (κ2) is 7.20. The van der Waals surface area contributed by atoms with E-state index < -0.39 is 11.6 Å². The Morgan fingerprint density at radius 1 is 1.03 bits per heavy atom. The highest BCUT2D eigenvalue weighted by atomic mass is 19.1. The van der Waals surface area contributed by atoms with Crippen LogP contribution in [0.4, 0.5) is 20.4 Å². The number of nitrogens with one attached hydrogen (secondary N) is 1. The Morgan fingerprint density at radius 2 is 1.79 bits per heavy atom. The molecule has 0 bridgehead atoms. The Labute approximate surface area is 167 Å². The van der Waals surface area contributed by atoms with Gasteiger partial charge in [0.25, 0.3) is 0 Å².